The zero-order valence-electron chi connectivity index (χ0n) is 31.1. The topological polar surface area (TPSA) is 21.3 Å². The van der Waals surface area contributed by atoms with Gasteiger partial charge in [0.15, 0.2) is 0 Å². The fourth-order valence-electron chi connectivity index (χ4n) is 8.46. The first-order valence-corrected chi connectivity index (χ1v) is 19.4. The van der Waals surface area contributed by atoms with E-state index >= 15 is 0 Å². The van der Waals surface area contributed by atoms with E-state index in [9.17, 15) is 0 Å². The minimum atomic E-state index is 0.883. The van der Waals surface area contributed by atoms with Crippen LogP contribution >= 0.6 is 0 Å². The summed E-state index contributed by atoms with van der Waals surface area (Å²) >= 11 is 0. The summed E-state index contributed by atoms with van der Waals surface area (Å²) < 4.78 is 8.72. The van der Waals surface area contributed by atoms with Crippen LogP contribution in [0.2, 0.25) is 0 Å². The molecule has 3 heteroatoms. The van der Waals surface area contributed by atoms with Gasteiger partial charge in [-0.2, -0.15) is 0 Å². The molecular formula is C54H36N2O. The van der Waals surface area contributed by atoms with Crippen LogP contribution in [0.25, 0.3) is 82.8 Å². The Kier molecular flexibility index (Phi) is 7.82. The van der Waals surface area contributed by atoms with Crippen molar-refractivity contribution < 1.29 is 4.42 Å². The van der Waals surface area contributed by atoms with Crippen LogP contribution < -0.4 is 4.90 Å². The summed E-state index contributed by atoms with van der Waals surface area (Å²) in [6.07, 6.45) is 0. The summed E-state index contributed by atoms with van der Waals surface area (Å²) in [4.78, 5) is 2.42. The van der Waals surface area contributed by atoms with E-state index < -0.39 is 0 Å². The zero-order chi connectivity index (χ0) is 37.7. The second-order valence-electron chi connectivity index (χ2n) is 14.5. The van der Waals surface area contributed by atoms with E-state index in [0.717, 1.165) is 61.3 Å². The molecule has 11 rings (SSSR count). The Balaban J connectivity index is 1.21. The molecule has 0 spiro atoms. The van der Waals surface area contributed by atoms with E-state index in [1.54, 1.807) is 0 Å². The van der Waals surface area contributed by atoms with Gasteiger partial charge in [0.1, 0.15) is 11.2 Å². The molecule has 2 aromatic heterocycles. The lowest BCUT2D eigenvalue weighted by atomic mass is 9.97. The largest absolute Gasteiger partial charge is 0.456 e. The Bertz CT molecular complexity index is 3120. The van der Waals surface area contributed by atoms with Crippen molar-refractivity contribution in [2.75, 3.05) is 4.90 Å². The number of anilines is 3. The number of fused-ring (bicyclic) bond motifs is 6. The third kappa shape index (κ3) is 5.68. The summed E-state index contributed by atoms with van der Waals surface area (Å²) in [5.74, 6) is 0. The van der Waals surface area contributed by atoms with Crippen molar-refractivity contribution in [1.29, 1.82) is 0 Å². The van der Waals surface area contributed by atoms with E-state index in [1.165, 1.54) is 38.5 Å². The Morgan fingerprint density at radius 2 is 0.842 bits per heavy atom. The fraction of sp³-hybridized carbons (Fsp3) is 0. The van der Waals surface area contributed by atoms with Gasteiger partial charge in [0, 0.05) is 44.2 Å². The smallest absolute Gasteiger partial charge is 0.135 e. The maximum atomic E-state index is 6.32. The predicted octanol–water partition coefficient (Wildman–Crippen LogP) is 15.2. The molecule has 0 aliphatic carbocycles. The second kappa shape index (κ2) is 13.6. The van der Waals surface area contributed by atoms with Gasteiger partial charge in [0.05, 0.1) is 16.7 Å². The van der Waals surface area contributed by atoms with Crippen molar-refractivity contribution in [3.8, 4) is 39.1 Å². The summed E-state index contributed by atoms with van der Waals surface area (Å²) in [5.41, 5.74) is 15.4. The highest BCUT2D eigenvalue weighted by atomic mass is 16.3. The van der Waals surface area contributed by atoms with E-state index in [0.29, 0.717) is 0 Å². The first-order chi connectivity index (χ1) is 28.3. The lowest BCUT2D eigenvalue weighted by Crippen LogP contribution is -2.11. The number of hydrogen-bond donors (Lipinski definition) is 0. The molecule has 0 unspecified atom stereocenters. The van der Waals surface area contributed by atoms with Gasteiger partial charge in [-0.15, -0.1) is 0 Å². The molecule has 9 aromatic carbocycles. The SMILES string of the molecule is c1ccc(-c2ccc(N(c3ccc(-c4ccccc4)cc3)c3cc4c(cc3-c3ccc5oc6ccccc6c5c3)c3ccccc3n4-c3ccccc3)cc2)cc1. The Hall–Kier alpha value is -7.62. The number of aromatic nitrogens is 1. The number of rotatable bonds is 7. The highest BCUT2D eigenvalue weighted by Crippen LogP contribution is 2.47. The summed E-state index contributed by atoms with van der Waals surface area (Å²) in [5, 5.41) is 4.63. The van der Waals surface area contributed by atoms with Crippen LogP contribution in [0.1, 0.15) is 0 Å². The Morgan fingerprint density at radius 3 is 1.49 bits per heavy atom. The third-order valence-electron chi connectivity index (χ3n) is 11.2. The minimum Gasteiger partial charge on any atom is -0.456 e. The molecule has 57 heavy (non-hydrogen) atoms. The zero-order valence-corrected chi connectivity index (χ0v) is 31.1. The maximum absolute atomic E-state index is 6.32. The fourth-order valence-corrected chi connectivity index (χ4v) is 8.46. The molecule has 3 nitrogen and oxygen atoms in total. The van der Waals surface area contributed by atoms with Gasteiger partial charge in [-0.1, -0.05) is 146 Å². The summed E-state index contributed by atoms with van der Waals surface area (Å²) in [6.45, 7) is 0. The highest BCUT2D eigenvalue weighted by molar-refractivity contribution is 6.14. The monoisotopic (exact) mass is 728 g/mol. The van der Waals surface area contributed by atoms with Crippen molar-refractivity contribution in [3.63, 3.8) is 0 Å². The lowest BCUT2D eigenvalue weighted by molar-refractivity contribution is 0.669. The molecule has 0 bridgehead atoms. The van der Waals surface area contributed by atoms with Crippen LogP contribution in [-0.2, 0) is 0 Å². The lowest BCUT2D eigenvalue weighted by Gasteiger charge is -2.29. The van der Waals surface area contributed by atoms with Crippen molar-refractivity contribution in [2.45, 2.75) is 0 Å². The molecule has 2 heterocycles. The van der Waals surface area contributed by atoms with Gasteiger partial charge in [0.2, 0.25) is 0 Å². The van der Waals surface area contributed by atoms with Gasteiger partial charge in [-0.25, -0.2) is 0 Å². The van der Waals surface area contributed by atoms with Gasteiger partial charge in [-0.05, 0) is 101 Å². The van der Waals surface area contributed by atoms with Gasteiger partial charge in [0.25, 0.3) is 0 Å². The average Bonchev–Trinajstić information content (AvgIpc) is 3.82. The molecule has 0 saturated carbocycles. The van der Waals surface area contributed by atoms with E-state index in [1.807, 2.05) is 12.1 Å². The molecule has 0 N–H and O–H groups in total. The van der Waals surface area contributed by atoms with Crippen LogP contribution in [0, 0.1) is 0 Å². The molecule has 0 fully saturated rings. The van der Waals surface area contributed by atoms with Crippen LogP contribution in [0.5, 0.6) is 0 Å². The average molecular weight is 729 g/mol. The van der Waals surface area contributed by atoms with E-state index in [4.69, 9.17) is 4.42 Å². The van der Waals surface area contributed by atoms with Crippen molar-refractivity contribution in [3.05, 3.63) is 218 Å². The van der Waals surface area contributed by atoms with E-state index in [-0.39, 0.29) is 0 Å². The molecule has 0 amide bonds. The van der Waals surface area contributed by atoms with Crippen LogP contribution in [0.4, 0.5) is 17.1 Å². The first kappa shape index (κ1) is 32.8. The molecule has 11 aromatic rings. The summed E-state index contributed by atoms with van der Waals surface area (Å²) in [6, 6.07) is 78.3. The Labute approximate surface area is 330 Å². The highest BCUT2D eigenvalue weighted by Gasteiger charge is 2.23. The van der Waals surface area contributed by atoms with Crippen molar-refractivity contribution in [1.82, 2.24) is 4.57 Å². The normalized spacial score (nSPS) is 11.5. The number of hydrogen-bond acceptors (Lipinski definition) is 2. The summed E-state index contributed by atoms with van der Waals surface area (Å²) in [7, 11) is 0. The van der Waals surface area contributed by atoms with Gasteiger partial charge >= 0.3 is 0 Å². The van der Waals surface area contributed by atoms with Gasteiger partial charge in [-0.3, -0.25) is 0 Å². The first-order valence-electron chi connectivity index (χ1n) is 19.4. The Morgan fingerprint density at radius 1 is 0.333 bits per heavy atom. The van der Waals surface area contributed by atoms with Crippen LogP contribution in [0.3, 0.4) is 0 Å². The second-order valence-corrected chi connectivity index (χ2v) is 14.5. The third-order valence-corrected chi connectivity index (χ3v) is 11.2. The molecule has 268 valence electrons. The number of benzene rings is 9. The standard InChI is InChI=1S/C54H36N2O/c1-4-14-37(15-5-1)39-24-29-43(30-25-39)55(44-31-26-40(27-32-44)38-16-6-2-7-17-38)51-36-52-48(45-20-10-12-22-50(45)56(52)42-18-8-3-9-19-42)35-47(51)41-28-33-54-49(34-41)46-21-11-13-23-53(46)57-54/h1-36H. The maximum Gasteiger partial charge on any atom is 0.135 e. The molecule has 0 aliphatic heterocycles. The van der Waals surface area contributed by atoms with Crippen LogP contribution in [0.15, 0.2) is 223 Å². The van der Waals surface area contributed by atoms with Crippen molar-refractivity contribution >= 4 is 60.8 Å². The molecule has 0 radical (unpaired) electrons. The van der Waals surface area contributed by atoms with Crippen LogP contribution in [-0.4, -0.2) is 4.57 Å². The predicted molar refractivity (Wildman–Crippen MR) is 239 cm³/mol. The minimum absolute atomic E-state index is 0.883. The molecular weight excluding hydrogens is 693 g/mol. The number of para-hydroxylation sites is 3. The number of nitrogens with zero attached hydrogens (tertiary/aromatic N) is 2. The molecule has 0 aliphatic rings. The number of furan rings is 1. The molecule has 0 saturated heterocycles. The molecule has 0 atom stereocenters. The van der Waals surface area contributed by atoms with E-state index in [2.05, 4.69) is 216 Å². The quantitative estimate of drug-likeness (QED) is 0.163. The van der Waals surface area contributed by atoms with Crippen molar-refractivity contribution in [2.24, 2.45) is 0 Å². The van der Waals surface area contributed by atoms with Gasteiger partial charge < -0.3 is 13.9 Å².